The zero-order valence-corrected chi connectivity index (χ0v) is 12.0. The number of aliphatic hydroxyl groups excluding tert-OH is 1. The molecule has 106 valence electrons. The largest absolute Gasteiger partial charge is 0.394 e. The Morgan fingerprint density at radius 3 is 2.20 bits per heavy atom. The summed E-state index contributed by atoms with van der Waals surface area (Å²) in [6, 6.07) is 14.8. The van der Waals surface area contributed by atoms with Crippen LogP contribution in [-0.2, 0) is 10.0 Å². The molecule has 0 heterocycles. The first-order valence-corrected chi connectivity index (χ1v) is 7.76. The predicted molar refractivity (Wildman–Crippen MR) is 77.8 cm³/mol. The Hall–Kier alpha value is -1.69. The Kier molecular flexibility index (Phi) is 4.54. The second-order valence-electron chi connectivity index (χ2n) is 4.58. The van der Waals surface area contributed by atoms with Gasteiger partial charge in [-0.3, -0.25) is 0 Å². The molecule has 2 aromatic rings. The summed E-state index contributed by atoms with van der Waals surface area (Å²) in [7, 11) is -3.64. The van der Waals surface area contributed by atoms with Crippen molar-refractivity contribution in [3.63, 3.8) is 0 Å². The molecule has 0 spiro atoms. The van der Waals surface area contributed by atoms with Gasteiger partial charge >= 0.3 is 0 Å². The summed E-state index contributed by atoms with van der Waals surface area (Å²) in [6.07, 6.45) is 0. The fourth-order valence-corrected chi connectivity index (χ4v) is 3.10. The van der Waals surface area contributed by atoms with Crippen LogP contribution in [-0.4, -0.2) is 20.1 Å². The minimum atomic E-state index is -3.64. The fourth-order valence-electron chi connectivity index (χ4n) is 1.86. The number of aliphatic hydroxyl groups is 1. The maximum atomic E-state index is 12.2. The van der Waals surface area contributed by atoms with Crippen molar-refractivity contribution < 1.29 is 13.5 Å². The smallest absolute Gasteiger partial charge is 0.241 e. The third kappa shape index (κ3) is 3.45. The Balaban J connectivity index is 2.24. The lowest BCUT2D eigenvalue weighted by Gasteiger charge is -2.17. The third-order valence-electron chi connectivity index (χ3n) is 3.01. The van der Waals surface area contributed by atoms with Gasteiger partial charge in [0.2, 0.25) is 10.0 Å². The highest BCUT2D eigenvalue weighted by atomic mass is 32.2. The van der Waals surface area contributed by atoms with Gasteiger partial charge in [0.25, 0.3) is 0 Å². The lowest BCUT2D eigenvalue weighted by Crippen LogP contribution is -2.30. The van der Waals surface area contributed by atoms with Crippen LogP contribution in [0.4, 0.5) is 0 Å². The van der Waals surface area contributed by atoms with E-state index in [1.165, 1.54) is 12.1 Å². The molecule has 0 fully saturated rings. The summed E-state index contributed by atoms with van der Waals surface area (Å²) in [6.45, 7) is 1.65. The quantitative estimate of drug-likeness (QED) is 0.885. The normalized spacial score (nSPS) is 13.1. The molecule has 2 aromatic carbocycles. The van der Waals surface area contributed by atoms with Crippen molar-refractivity contribution in [2.75, 3.05) is 6.61 Å². The number of hydrogen-bond acceptors (Lipinski definition) is 3. The number of rotatable bonds is 5. The summed E-state index contributed by atoms with van der Waals surface area (Å²) in [5.74, 6) is 0. The average Bonchev–Trinajstić information content (AvgIpc) is 2.47. The van der Waals surface area contributed by atoms with Crippen LogP contribution in [0.15, 0.2) is 59.5 Å². The molecule has 0 saturated heterocycles. The first-order valence-electron chi connectivity index (χ1n) is 6.28. The second kappa shape index (κ2) is 6.17. The zero-order valence-electron chi connectivity index (χ0n) is 11.2. The van der Waals surface area contributed by atoms with E-state index in [1.54, 1.807) is 18.2 Å². The van der Waals surface area contributed by atoms with Gasteiger partial charge in [-0.2, -0.15) is 0 Å². The Labute approximate surface area is 119 Å². The summed E-state index contributed by atoms with van der Waals surface area (Å²) < 4.78 is 27.0. The standard InChI is InChI=1S/C15H17NO3S/c1-12-7-9-13(10-8-12)15(11-17)16-20(18,19)14-5-3-2-4-6-14/h2-10,15-17H,11H2,1H3/t15-/m1/s1. The van der Waals surface area contributed by atoms with Gasteiger partial charge in [0.15, 0.2) is 0 Å². The highest BCUT2D eigenvalue weighted by molar-refractivity contribution is 7.89. The van der Waals surface area contributed by atoms with Gasteiger partial charge in [-0.1, -0.05) is 48.0 Å². The monoisotopic (exact) mass is 291 g/mol. The van der Waals surface area contributed by atoms with E-state index in [-0.39, 0.29) is 11.5 Å². The maximum absolute atomic E-state index is 12.2. The van der Waals surface area contributed by atoms with Crippen LogP contribution >= 0.6 is 0 Å². The van der Waals surface area contributed by atoms with Crippen LogP contribution in [0.1, 0.15) is 17.2 Å². The van der Waals surface area contributed by atoms with Crippen molar-refractivity contribution in [3.8, 4) is 0 Å². The summed E-state index contributed by atoms with van der Waals surface area (Å²) in [4.78, 5) is 0.186. The molecule has 5 heteroatoms. The van der Waals surface area contributed by atoms with Crippen molar-refractivity contribution in [2.24, 2.45) is 0 Å². The van der Waals surface area contributed by atoms with Crippen LogP contribution < -0.4 is 4.72 Å². The van der Waals surface area contributed by atoms with E-state index < -0.39 is 16.1 Å². The van der Waals surface area contributed by atoms with E-state index in [9.17, 15) is 13.5 Å². The van der Waals surface area contributed by atoms with Crippen molar-refractivity contribution in [1.29, 1.82) is 0 Å². The number of sulfonamides is 1. The number of hydrogen-bond donors (Lipinski definition) is 2. The molecule has 0 amide bonds. The second-order valence-corrected chi connectivity index (χ2v) is 6.29. The summed E-state index contributed by atoms with van der Waals surface area (Å²) >= 11 is 0. The first kappa shape index (κ1) is 14.7. The Morgan fingerprint density at radius 1 is 1.05 bits per heavy atom. The van der Waals surface area contributed by atoms with E-state index in [1.807, 2.05) is 31.2 Å². The molecule has 20 heavy (non-hydrogen) atoms. The highest BCUT2D eigenvalue weighted by Gasteiger charge is 2.20. The maximum Gasteiger partial charge on any atom is 0.241 e. The predicted octanol–water partition coefficient (Wildman–Crippen LogP) is 2.01. The number of nitrogens with one attached hydrogen (secondary N) is 1. The molecule has 1 atom stereocenters. The van der Waals surface area contributed by atoms with Crippen LogP contribution in [0.2, 0.25) is 0 Å². The van der Waals surface area contributed by atoms with Crippen LogP contribution in [0.25, 0.3) is 0 Å². The molecule has 0 aliphatic carbocycles. The van der Waals surface area contributed by atoms with Gasteiger partial charge in [-0.15, -0.1) is 0 Å². The van der Waals surface area contributed by atoms with E-state index in [2.05, 4.69) is 4.72 Å². The van der Waals surface area contributed by atoms with Crippen LogP contribution in [0.5, 0.6) is 0 Å². The van der Waals surface area contributed by atoms with E-state index in [0.717, 1.165) is 11.1 Å². The lowest BCUT2D eigenvalue weighted by atomic mass is 10.1. The van der Waals surface area contributed by atoms with Crippen molar-refractivity contribution in [1.82, 2.24) is 4.72 Å². The minimum Gasteiger partial charge on any atom is -0.394 e. The summed E-state index contributed by atoms with van der Waals surface area (Å²) in [5.41, 5.74) is 1.81. The molecule has 0 aliphatic rings. The molecule has 2 N–H and O–H groups in total. The molecule has 0 radical (unpaired) electrons. The Bertz CT molecular complexity index is 651. The molecule has 0 unspecified atom stereocenters. The van der Waals surface area contributed by atoms with Gasteiger partial charge in [0.05, 0.1) is 17.5 Å². The number of benzene rings is 2. The number of aryl methyl sites for hydroxylation is 1. The van der Waals surface area contributed by atoms with E-state index in [4.69, 9.17) is 0 Å². The van der Waals surface area contributed by atoms with Gasteiger partial charge < -0.3 is 5.11 Å². The van der Waals surface area contributed by atoms with E-state index >= 15 is 0 Å². The molecule has 4 nitrogen and oxygen atoms in total. The molecule has 0 aromatic heterocycles. The van der Waals surface area contributed by atoms with Gasteiger partial charge in [-0.05, 0) is 24.6 Å². The lowest BCUT2D eigenvalue weighted by molar-refractivity contribution is 0.259. The van der Waals surface area contributed by atoms with Crippen LogP contribution in [0, 0.1) is 6.92 Å². The van der Waals surface area contributed by atoms with Gasteiger partial charge in [0.1, 0.15) is 0 Å². The molecular formula is C15H17NO3S. The fraction of sp³-hybridized carbons (Fsp3) is 0.200. The highest BCUT2D eigenvalue weighted by Crippen LogP contribution is 2.17. The van der Waals surface area contributed by atoms with Crippen molar-refractivity contribution in [3.05, 3.63) is 65.7 Å². The van der Waals surface area contributed by atoms with Gasteiger partial charge in [0, 0.05) is 0 Å². The molecule has 0 bridgehead atoms. The zero-order chi connectivity index (χ0) is 14.6. The summed E-state index contributed by atoms with van der Waals surface area (Å²) in [5, 5.41) is 9.43. The van der Waals surface area contributed by atoms with Gasteiger partial charge in [-0.25, -0.2) is 13.1 Å². The van der Waals surface area contributed by atoms with Crippen molar-refractivity contribution >= 4 is 10.0 Å². The van der Waals surface area contributed by atoms with Crippen LogP contribution in [0.3, 0.4) is 0 Å². The first-order chi connectivity index (χ1) is 9.53. The van der Waals surface area contributed by atoms with Crippen molar-refractivity contribution in [2.45, 2.75) is 17.9 Å². The average molecular weight is 291 g/mol. The third-order valence-corrected chi connectivity index (χ3v) is 4.50. The topological polar surface area (TPSA) is 66.4 Å². The van der Waals surface area contributed by atoms with E-state index in [0.29, 0.717) is 0 Å². The SMILES string of the molecule is Cc1ccc([C@@H](CO)NS(=O)(=O)c2ccccc2)cc1. The molecule has 0 saturated carbocycles. The minimum absolute atomic E-state index is 0.186. The Morgan fingerprint density at radius 2 is 1.65 bits per heavy atom. The molecule has 2 rings (SSSR count). The molecular weight excluding hydrogens is 274 g/mol. The molecule has 0 aliphatic heterocycles.